The van der Waals surface area contributed by atoms with Gasteiger partial charge in [0.05, 0.1) is 10.7 Å². The highest BCUT2D eigenvalue weighted by molar-refractivity contribution is 6.33. The van der Waals surface area contributed by atoms with Crippen LogP contribution in [0.1, 0.15) is 20.3 Å². The Labute approximate surface area is 151 Å². The van der Waals surface area contributed by atoms with E-state index in [9.17, 15) is 4.79 Å². The number of aromatic amines is 1. The van der Waals surface area contributed by atoms with Crippen molar-refractivity contribution >= 4 is 29.7 Å². The lowest BCUT2D eigenvalue weighted by atomic mass is 9.82. The maximum Gasteiger partial charge on any atom is 0.434 e. The Morgan fingerprint density at radius 2 is 2.25 bits per heavy atom. The molecule has 132 valence electrons. The van der Waals surface area contributed by atoms with Gasteiger partial charge in [-0.1, -0.05) is 18.5 Å². The quantitative estimate of drug-likeness (QED) is 0.767. The monoisotopic (exact) mass is 372 g/mol. The summed E-state index contributed by atoms with van der Waals surface area (Å²) in [6, 6.07) is 5.73. The number of H-pyrrole nitrogens is 1. The highest BCUT2D eigenvalue weighted by atomic mass is 35.5. The van der Waals surface area contributed by atoms with Gasteiger partial charge in [0, 0.05) is 11.6 Å². The molecule has 1 aliphatic heterocycles. The zero-order valence-corrected chi connectivity index (χ0v) is 15.2. The number of benzene rings is 1. The van der Waals surface area contributed by atoms with Crippen LogP contribution in [0.4, 0.5) is 5.69 Å². The maximum atomic E-state index is 11.1. The van der Waals surface area contributed by atoms with E-state index in [4.69, 9.17) is 16.0 Å². The van der Waals surface area contributed by atoms with Gasteiger partial charge in [0.15, 0.2) is 0 Å². The highest BCUT2D eigenvalue weighted by Crippen LogP contribution is 2.31. The number of anilines is 1. The van der Waals surface area contributed by atoms with Crippen molar-refractivity contribution in [2.45, 2.75) is 26.3 Å². The lowest BCUT2D eigenvalue weighted by Gasteiger charge is -2.35. The molecule has 0 aliphatic carbocycles. The van der Waals surface area contributed by atoms with Crippen LogP contribution in [0.3, 0.4) is 0 Å². The lowest BCUT2D eigenvalue weighted by Crippen LogP contribution is -2.42. The zero-order valence-electron chi connectivity index (χ0n) is 13.6. The second-order valence-corrected chi connectivity index (χ2v) is 6.59. The Bertz CT molecular complexity index is 731. The van der Waals surface area contributed by atoms with Crippen LogP contribution in [-0.4, -0.2) is 29.3 Å². The van der Waals surface area contributed by atoms with Gasteiger partial charge in [-0.3, -0.25) is 0 Å². The average Bonchev–Trinajstić information content (AvgIpc) is 2.96. The van der Waals surface area contributed by atoms with Gasteiger partial charge in [0.25, 0.3) is 0 Å². The molecule has 6 nitrogen and oxygen atoms in total. The van der Waals surface area contributed by atoms with Crippen molar-refractivity contribution in [1.82, 2.24) is 15.5 Å². The smallest absolute Gasteiger partial charge is 0.388 e. The summed E-state index contributed by atoms with van der Waals surface area (Å²) in [5.41, 5.74) is 1.54. The van der Waals surface area contributed by atoms with Crippen LogP contribution in [0.5, 0.6) is 0 Å². The highest BCUT2D eigenvalue weighted by Gasteiger charge is 2.26. The van der Waals surface area contributed by atoms with Crippen LogP contribution in [0, 0.1) is 11.8 Å². The Hall–Kier alpha value is -1.50. The van der Waals surface area contributed by atoms with Gasteiger partial charge in [0.1, 0.15) is 0 Å². The molecule has 0 radical (unpaired) electrons. The van der Waals surface area contributed by atoms with Crippen molar-refractivity contribution in [3.8, 4) is 11.5 Å². The Morgan fingerprint density at radius 1 is 1.46 bits per heavy atom. The van der Waals surface area contributed by atoms with Crippen molar-refractivity contribution in [3.05, 3.63) is 33.8 Å². The third-order valence-electron chi connectivity index (χ3n) is 4.53. The molecule has 1 aliphatic rings. The van der Waals surface area contributed by atoms with Crippen LogP contribution in [-0.2, 0) is 0 Å². The SMILES string of the molecule is C[C@@H]1CNCC[C@@H]1[C@H](C)Nc1cc(-c2n[nH]c(=O)o2)ccc1Cl.Cl. The molecule has 2 heterocycles. The summed E-state index contributed by atoms with van der Waals surface area (Å²) in [5.74, 6) is 0.885. The molecular weight excluding hydrogens is 351 g/mol. The summed E-state index contributed by atoms with van der Waals surface area (Å²) in [6.45, 7) is 6.55. The molecular formula is C16H22Cl2N4O2. The van der Waals surface area contributed by atoms with Crippen molar-refractivity contribution in [2.24, 2.45) is 11.8 Å². The molecule has 0 saturated carbocycles. The van der Waals surface area contributed by atoms with E-state index >= 15 is 0 Å². The van der Waals surface area contributed by atoms with E-state index in [1.54, 1.807) is 12.1 Å². The first-order valence-electron chi connectivity index (χ1n) is 7.87. The Balaban J connectivity index is 0.00000208. The number of hydrogen-bond acceptors (Lipinski definition) is 5. The predicted molar refractivity (Wildman–Crippen MR) is 98.0 cm³/mol. The van der Waals surface area contributed by atoms with Crippen LogP contribution in [0.2, 0.25) is 5.02 Å². The number of hydrogen-bond donors (Lipinski definition) is 3. The number of nitrogens with zero attached hydrogens (tertiary/aromatic N) is 1. The van der Waals surface area contributed by atoms with Gasteiger partial charge in [-0.15, -0.1) is 17.5 Å². The van der Waals surface area contributed by atoms with E-state index in [2.05, 4.69) is 34.7 Å². The lowest BCUT2D eigenvalue weighted by molar-refractivity contribution is 0.250. The third-order valence-corrected chi connectivity index (χ3v) is 4.86. The summed E-state index contributed by atoms with van der Waals surface area (Å²) in [5, 5.41) is 13.7. The molecule has 8 heteroatoms. The summed E-state index contributed by atoms with van der Waals surface area (Å²) < 4.78 is 5.00. The van der Waals surface area contributed by atoms with Crippen molar-refractivity contribution in [1.29, 1.82) is 0 Å². The van der Waals surface area contributed by atoms with E-state index < -0.39 is 5.76 Å². The molecule has 3 N–H and O–H groups in total. The van der Waals surface area contributed by atoms with Crippen LogP contribution in [0.15, 0.2) is 27.4 Å². The number of nitrogens with one attached hydrogen (secondary N) is 3. The molecule has 3 atom stereocenters. The molecule has 1 saturated heterocycles. The van der Waals surface area contributed by atoms with Crippen molar-refractivity contribution < 1.29 is 4.42 Å². The van der Waals surface area contributed by atoms with Gasteiger partial charge < -0.3 is 15.1 Å². The van der Waals surface area contributed by atoms with Crippen LogP contribution < -0.4 is 16.4 Å². The van der Waals surface area contributed by atoms with Crippen molar-refractivity contribution in [3.63, 3.8) is 0 Å². The molecule has 0 amide bonds. The number of halogens is 2. The number of aromatic nitrogens is 2. The topological polar surface area (TPSA) is 83.0 Å². The molecule has 3 rings (SSSR count). The van der Waals surface area contributed by atoms with E-state index in [0.717, 1.165) is 25.2 Å². The number of rotatable bonds is 4. The summed E-state index contributed by atoms with van der Waals surface area (Å²) in [6.07, 6.45) is 1.14. The van der Waals surface area contributed by atoms with Gasteiger partial charge in [-0.25, -0.2) is 9.89 Å². The Morgan fingerprint density at radius 3 is 2.92 bits per heavy atom. The van der Waals surface area contributed by atoms with E-state index in [0.29, 0.717) is 28.5 Å². The standard InChI is InChI=1S/C16H21ClN4O2.ClH/c1-9-8-18-6-5-12(9)10(2)19-14-7-11(3-4-13(14)17)15-20-21-16(22)23-15;/h3-4,7,9-10,12,18-19H,5-6,8H2,1-2H3,(H,21,22);1H/t9-,10+,12+;/m1./s1. The fourth-order valence-electron chi connectivity index (χ4n) is 3.25. The molecule has 1 aromatic carbocycles. The minimum atomic E-state index is -0.568. The third kappa shape index (κ3) is 4.12. The fourth-order valence-corrected chi connectivity index (χ4v) is 3.42. The molecule has 1 aromatic heterocycles. The van der Waals surface area contributed by atoms with E-state index in [1.165, 1.54) is 0 Å². The Kier molecular flexibility index (Phi) is 6.32. The fraction of sp³-hybridized carbons (Fsp3) is 0.500. The van der Waals surface area contributed by atoms with E-state index in [1.807, 2.05) is 6.07 Å². The van der Waals surface area contributed by atoms with Gasteiger partial charge in [-0.2, -0.15) is 0 Å². The predicted octanol–water partition coefficient (Wildman–Crippen LogP) is 3.15. The summed E-state index contributed by atoms with van der Waals surface area (Å²) in [4.78, 5) is 11.1. The first kappa shape index (κ1) is 18.8. The zero-order chi connectivity index (χ0) is 16.4. The van der Waals surface area contributed by atoms with Crippen molar-refractivity contribution in [2.75, 3.05) is 18.4 Å². The van der Waals surface area contributed by atoms with Crippen LogP contribution in [0.25, 0.3) is 11.5 Å². The average molecular weight is 373 g/mol. The van der Waals surface area contributed by atoms with Gasteiger partial charge >= 0.3 is 5.76 Å². The second-order valence-electron chi connectivity index (χ2n) is 6.18. The van der Waals surface area contributed by atoms with Gasteiger partial charge in [0.2, 0.25) is 5.89 Å². The molecule has 0 spiro atoms. The minimum Gasteiger partial charge on any atom is -0.388 e. The molecule has 24 heavy (non-hydrogen) atoms. The summed E-state index contributed by atoms with van der Waals surface area (Å²) >= 11 is 6.31. The second kappa shape index (κ2) is 8.05. The molecule has 0 bridgehead atoms. The van der Waals surface area contributed by atoms with Crippen LogP contribution >= 0.6 is 24.0 Å². The minimum absolute atomic E-state index is 0. The largest absolute Gasteiger partial charge is 0.434 e. The normalized spacial score (nSPS) is 21.8. The molecule has 1 fully saturated rings. The maximum absolute atomic E-state index is 11.1. The molecule has 0 unspecified atom stereocenters. The van der Waals surface area contributed by atoms with E-state index in [-0.39, 0.29) is 18.3 Å². The first-order valence-corrected chi connectivity index (χ1v) is 8.25. The first-order chi connectivity index (χ1) is 11.0. The van der Waals surface area contributed by atoms with Gasteiger partial charge in [-0.05, 0) is 56.5 Å². The summed E-state index contributed by atoms with van der Waals surface area (Å²) in [7, 11) is 0. The number of piperidine rings is 1. The molecule has 2 aromatic rings.